The molecule has 2 fully saturated rings. The van der Waals surface area contributed by atoms with Gasteiger partial charge in [0.25, 0.3) is 0 Å². The van der Waals surface area contributed by atoms with E-state index in [2.05, 4.69) is 17.0 Å². The summed E-state index contributed by atoms with van der Waals surface area (Å²) in [5.74, 6) is 0.704. The zero-order chi connectivity index (χ0) is 13.9. The summed E-state index contributed by atoms with van der Waals surface area (Å²) in [6, 6.07) is 11.0. The summed E-state index contributed by atoms with van der Waals surface area (Å²) in [6.07, 6.45) is 7.29. The van der Waals surface area contributed by atoms with Crippen LogP contribution in [0.15, 0.2) is 30.3 Å². The minimum Gasteiger partial charge on any atom is -0.337 e. The number of rotatable bonds is 4. The zero-order valence-corrected chi connectivity index (χ0v) is 11.8. The summed E-state index contributed by atoms with van der Waals surface area (Å²) in [4.78, 5) is 14.6. The van der Waals surface area contributed by atoms with Crippen LogP contribution >= 0.6 is 0 Å². The van der Waals surface area contributed by atoms with E-state index in [9.17, 15) is 4.79 Å². The van der Waals surface area contributed by atoms with Crippen molar-refractivity contribution in [1.82, 2.24) is 4.90 Å². The normalized spacial score (nSPS) is 28.4. The number of amides is 1. The Morgan fingerprint density at radius 1 is 1.20 bits per heavy atom. The van der Waals surface area contributed by atoms with Gasteiger partial charge in [0, 0.05) is 18.5 Å². The Kier molecular flexibility index (Phi) is 3.86. The van der Waals surface area contributed by atoms with E-state index >= 15 is 0 Å². The highest BCUT2D eigenvalue weighted by Crippen LogP contribution is 2.38. The first kappa shape index (κ1) is 13.3. The number of carbonyl (C=O) groups is 1. The first-order chi connectivity index (χ1) is 9.78. The maximum atomic E-state index is 12.5. The molecule has 0 radical (unpaired) electrons. The van der Waals surface area contributed by atoms with Crippen LogP contribution in [0.25, 0.3) is 0 Å². The topological polar surface area (TPSA) is 44.2 Å². The lowest BCUT2D eigenvalue weighted by Crippen LogP contribution is -2.46. The summed E-state index contributed by atoms with van der Waals surface area (Å²) in [7, 11) is 0. The highest BCUT2D eigenvalue weighted by Gasteiger charge is 2.42. The van der Waals surface area contributed by atoms with Gasteiger partial charge in [-0.15, -0.1) is 0 Å². The Morgan fingerprint density at radius 2 is 1.85 bits per heavy atom. The highest BCUT2D eigenvalue weighted by molar-refractivity contribution is 5.78. The quantitative estimate of drug-likeness (QED) is 0.840. The molecule has 2 aliphatic rings. The van der Waals surface area contributed by atoms with E-state index in [0.717, 1.165) is 32.1 Å². The molecule has 3 rings (SSSR count). The Balaban J connectivity index is 1.59. The van der Waals surface area contributed by atoms with Crippen LogP contribution in [-0.2, 0) is 11.2 Å². The number of benzene rings is 1. The maximum absolute atomic E-state index is 12.5. The van der Waals surface area contributed by atoms with Gasteiger partial charge in [0.2, 0.25) is 5.91 Å². The second-order valence-electron chi connectivity index (χ2n) is 6.07. The highest BCUT2D eigenvalue weighted by atomic mass is 16.2. The molecule has 0 aliphatic carbocycles. The first-order valence-corrected chi connectivity index (χ1v) is 7.63. The van der Waals surface area contributed by atoms with Gasteiger partial charge in [-0.3, -0.25) is 4.79 Å². The van der Waals surface area contributed by atoms with Crippen LogP contribution in [-0.4, -0.2) is 29.1 Å². The van der Waals surface area contributed by atoms with Crippen molar-refractivity contribution >= 4 is 12.1 Å². The van der Waals surface area contributed by atoms with Gasteiger partial charge in [-0.05, 0) is 49.8 Å². The van der Waals surface area contributed by atoms with Gasteiger partial charge in [-0.25, -0.2) is 0 Å². The molecule has 1 amide bonds. The lowest BCUT2D eigenvalue weighted by Gasteiger charge is -2.38. The van der Waals surface area contributed by atoms with Gasteiger partial charge in [0.15, 0.2) is 0 Å². The van der Waals surface area contributed by atoms with Gasteiger partial charge in [0.05, 0.1) is 0 Å². The van der Waals surface area contributed by atoms with Gasteiger partial charge < -0.3 is 10.3 Å². The second-order valence-corrected chi connectivity index (χ2v) is 6.07. The smallest absolute Gasteiger partial charge is 0.223 e. The third-order valence-electron chi connectivity index (χ3n) is 4.76. The Bertz CT molecular complexity index is 471. The van der Waals surface area contributed by atoms with Crippen molar-refractivity contribution in [2.24, 2.45) is 5.92 Å². The van der Waals surface area contributed by atoms with Crippen LogP contribution in [0.3, 0.4) is 0 Å². The summed E-state index contributed by atoms with van der Waals surface area (Å²) in [5.41, 5.74) is 1.24. The van der Waals surface area contributed by atoms with E-state index in [-0.39, 0.29) is 0 Å². The van der Waals surface area contributed by atoms with Crippen LogP contribution in [0.2, 0.25) is 0 Å². The molecule has 0 unspecified atom stereocenters. The van der Waals surface area contributed by atoms with Gasteiger partial charge in [0.1, 0.15) is 0 Å². The number of carbonyl (C=O) groups excluding carboxylic acids is 1. The SMILES string of the molecule is N=C[C@@H]1C[C@H]2CC[C@@H](C1)N2C(=O)CCc1ccccc1. The number of aryl methyl sites for hydroxylation is 1. The van der Waals surface area contributed by atoms with Crippen molar-refractivity contribution in [3.8, 4) is 0 Å². The van der Waals surface area contributed by atoms with Crippen LogP contribution in [0.5, 0.6) is 0 Å². The molecule has 1 N–H and O–H groups in total. The lowest BCUT2D eigenvalue weighted by molar-refractivity contribution is -0.135. The van der Waals surface area contributed by atoms with Crippen molar-refractivity contribution in [1.29, 1.82) is 5.41 Å². The van der Waals surface area contributed by atoms with Gasteiger partial charge in [-0.1, -0.05) is 30.3 Å². The van der Waals surface area contributed by atoms with E-state index in [1.165, 1.54) is 5.56 Å². The molecule has 3 atom stereocenters. The Labute approximate surface area is 120 Å². The Hall–Kier alpha value is -1.64. The summed E-state index contributed by atoms with van der Waals surface area (Å²) >= 11 is 0. The molecule has 3 nitrogen and oxygen atoms in total. The molecule has 1 aromatic rings. The molecule has 106 valence electrons. The van der Waals surface area contributed by atoms with Crippen molar-refractivity contribution in [2.45, 2.75) is 50.6 Å². The molecule has 2 aliphatic heterocycles. The number of fused-ring (bicyclic) bond motifs is 2. The van der Waals surface area contributed by atoms with E-state index in [0.29, 0.717) is 30.3 Å². The maximum Gasteiger partial charge on any atom is 0.223 e. The molecule has 0 spiro atoms. The van der Waals surface area contributed by atoms with Gasteiger partial charge >= 0.3 is 0 Å². The number of nitrogens with zero attached hydrogens (tertiary/aromatic N) is 1. The predicted octanol–water partition coefficient (Wildman–Crippen LogP) is 3.04. The van der Waals surface area contributed by atoms with E-state index in [1.807, 2.05) is 18.2 Å². The fourth-order valence-electron chi connectivity index (χ4n) is 3.79. The third kappa shape index (κ3) is 2.62. The van der Waals surface area contributed by atoms with Crippen LogP contribution < -0.4 is 0 Å². The third-order valence-corrected chi connectivity index (χ3v) is 4.76. The predicted molar refractivity (Wildman–Crippen MR) is 79.9 cm³/mol. The number of piperidine rings is 1. The minimum absolute atomic E-state index is 0.310. The van der Waals surface area contributed by atoms with Crippen LogP contribution in [0.1, 0.15) is 37.7 Å². The van der Waals surface area contributed by atoms with Gasteiger partial charge in [-0.2, -0.15) is 0 Å². The molecule has 0 aromatic heterocycles. The number of hydrogen-bond acceptors (Lipinski definition) is 2. The van der Waals surface area contributed by atoms with Crippen molar-refractivity contribution < 1.29 is 4.79 Å². The molecule has 0 saturated carbocycles. The molecular formula is C17H22N2O. The molecule has 3 heteroatoms. The standard InChI is InChI=1S/C17H22N2O/c18-12-14-10-15-7-8-16(11-14)19(15)17(20)9-6-13-4-2-1-3-5-13/h1-5,12,14-16,18H,6-11H2/t14-,15-,16+. The number of hydrogen-bond donors (Lipinski definition) is 1. The molecule has 20 heavy (non-hydrogen) atoms. The summed E-state index contributed by atoms with van der Waals surface area (Å²) < 4.78 is 0. The lowest BCUT2D eigenvalue weighted by atomic mass is 9.91. The Morgan fingerprint density at radius 3 is 2.45 bits per heavy atom. The summed E-state index contributed by atoms with van der Waals surface area (Å²) in [6.45, 7) is 0. The fraction of sp³-hybridized carbons (Fsp3) is 0.529. The zero-order valence-electron chi connectivity index (χ0n) is 11.8. The fourth-order valence-corrected chi connectivity index (χ4v) is 3.79. The molecule has 2 bridgehead atoms. The summed E-state index contributed by atoms with van der Waals surface area (Å²) in [5, 5.41) is 7.44. The van der Waals surface area contributed by atoms with Crippen molar-refractivity contribution in [3.63, 3.8) is 0 Å². The number of nitrogens with one attached hydrogen (secondary N) is 1. The van der Waals surface area contributed by atoms with Crippen LogP contribution in [0, 0.1) is 11.3 Å². The largest absolute Gasteiger partial charge is 0.337 e. The van der Waals surface area contributed by atoms with E-state index in [1.54, 1.807) is 6.21 Å². The molecule has 2 heterocycles. The van der Waals surface area contributed by atoms with E-state index in [4.69, 9.17) is 5.41 Å². The average molecular weight is 270 g/mol. The molecule has 2 saturated heterocycles. The average Bonchev–Trinajstić information content (AvgIpc) is 2.76. The molecule has 1 aromatic carbocycles. The monoisotopic (exact) mass is 270 g/mol. The molecular weight excluding hydrogens is 248 g/mol. The van der Waals surface area contributed by atoms with Crippen molar-refractivity contribution in [3.05, 3.63) is 35.9 Å². The van der Waals surface area contributed by atoms with Crippen molar-refractivity contribution in [2.75, 3.05) is 0 Å². The second kappa shape index (κ2) is 5.78. The van der Waals surface area contributed by atoms with E-state index < -0.39 is 0 Å². The minimum atomic E-state index is 0.310. The first-order valence-electron chi connectivity index (χ1n) is 7.63. The van der Waals surface area contributed by atoms with Crippen LogP contribution in [0.4, 0.5) is 0 Å².